The number of likely N-dealkylation sites (N-methyl/N-ethyl adjacent to an activating group) is 1. The Balaban J connectivity index is 0.00000133. The number of hydrogen-bond acceptors (Lipinski definition) is 2. The quantitative estimate of drug-likeness (QED) is 0.680. The maximum absolute atomic E-state index is 4.40. The summed E-state index contributed by atoms with van der Waals surface area (Å²) in [4.78, 5) is 6.49. The van der Waals surface area contributed by atoms with Gasteiger partial charge in [0.05, 0.1) is 5.69 Å². The summed E-state index contributed by atoms with van der Waals surface area (Å²) in [5.74, 6) is 0. The zero-order valence-electron chi connectivity index (χ0n) is 10.7. The molecule has 2 nitrogen and oxygen atoms in total. The maximum atomic E-state index is 4.40. The summed E-state index contributed by atoms with van der Waals surface area (Å²) in [6.45, 7) is 0. The summed E-state index contributed by atoms with van der Waals surface area (Å²) in [7, 11) is 2.04. The van der Waals surface area contributed by atoms with Crippen molar-refractivity contribution in [2.75, 3.05) is 7.05 Å². The Morgan fingerprint density at radius 3 is 2.79 bits per heavy atom. The Kier molecular flexibility index (Phi) is 4.37. The first kappa shape index (κ1) is 13.8. The lowest BCUT2D eigenvalue weighted by molar-refractivity contribution is 0.584. The molecular weight excluding hydrogens is 347 g/mol. The molecule has 96 valence electrons. The van der Waals surface area contributed by atoms with Crippen LogP contribution in [0.15, 0.2) is 71.5 Å². The van der Waals surface area contributed by atoms with Crippen molar-refractivity contribution in [2.45, 2.75) is 0 Å². The minimum Gasteiger partial charge on any atom is -0.351 e. The van der Waals surface area contributed by atoms with Crippen LogP contribution in [0.3, 0.4) is 0 Å². The van der Waals surface area contributed by atoms with E-state index >= 15 is 0 Å². The molecule has 2 heterocycles. The van der Waals surface area contributed by atoms with Crippen molar-refractivity contribution in [1.82, 2.24) is 4.90 Å². The Bertz CT molecular complexity index is 621. The van der Waals surface area contributed by atoms with E-state index in [1.54, 1.807) is 0 Å². The van der Waals surface area contributed by atoms with Gasteiger partial charge in [-0.1, -0.05) is 30.4 Å². The first-order valence-electron chi connectivity index (χ1n) is 5.98. The zero-order chi connectivity index (χ0) is 12.4. The highest BCUT2D eigenvalue weighted by molar-refractivity contribution is 14.0. The summed E-state index contributed by atoms with van der Waals surface area (Å²) in [5.41, 5.74) is 4.58. The second kappa shape index (κ2) is 6.02. The molecule has 1 aromatic carbocycles. The van der Waals surface area contributed by atoms with Crippen LogP contribution in [0.5, 0.6) is 0 Å². The number of halogens is 1. The molecule has 0 saturated carbocycles. The van der Waals surface area contributed by atoms with E-state index in [0.29, 0.717) is 0 Å². The molecule has 0 radical (unpaired) electrons. The van der Waals surface area contributed by atoms with Gasteiger partial charge in [-0.3, -0.25) is 4.99 Å². The van der Waals surface area contributed by atoms with Crippen LogP contribution in [0.2, 0.25) is 0 Å². The average molecular weight is 362 g/mol. The van der Waals surface area contributed by atoms with Crippen LogP contribution in [0.4, 0.5) is 5.69 Å². The number of allylic oxidation sites excluding steroid dienone is 6. The van der Waals surface area contributed by atoms with Crippen LogP contribution in [0.25, 0.3) is 5.57 Å². The molecule has 19 heavy (non-hydrogen) atoms. The van der Waals surface area contributed by atoms with Crippen molar-refractivity contribution >= 4 is 41.5 Å². The van der Waals surface area contributed by atoms with Gasteiger partial charge in [0.25, 0.3) is 0 Å². The molecule has 0 bridgehead atoms. The van der Waals surface area contributed by atoms with E-state index in [2.05, 4.69) is 34.2 Å². The van der Waals surface area contributed by atoms with E-state index in [9.17, 15) is 0 Å². The molecule has 2 aliphatic rings. The lowest BCUT2D eigenvalue weighted by atomic mass is 10.1. The number of aliphatic imine (C=N–C) groups is 1. The lowest BCUT2D eigenvalue weighted by Gasteiger charge is -2.17. The predicted molar refractivity (Wildman–Crippen MR) is 92.1 cm³/mol. The van der Waals surface area contributed by atoms with Crippen LogP contribution in [-0.4, -0.2) is 18.2 Å². The summed E-state index contributed by atoms with van der Waals surface area (Å²) >= 11 is 0. The van der Waals surface area contributed by atoms with Crippen molar-refractivity contribution in [3.05, 3.63) is 72.1 Å². The monoisotopic (exact) mass is 362 g/mol. The van der Waals surface area contributed by atoms with E-state index in [0.717, 1.165) is 11.3 Å². The third-order valence-electron chi connectivity index (χ3n) is 3.09. The predicted octanol–water partition coefficient (Wildman–Crippen LogP) is 4.30. The number of nitrogens with zero attached hydrogens (tertiary/aromatic N) is 2. The fourth-order valence-electron chi connectivity index (χ4n) is 2.06. The van der Waals surface area contributed by atoms with Crippen LogP contribution in [-0.2, 0) is 0 Å². The first-order valence-corrected chi connectivity index (χ1v) is 5.98. The molecule has 0 spiro atoms. The Labute approximate surface area is 130 Å². The van der Waals surface area contributed by atoms with Gasteiger partial charge in [-0.25, -0.2) is 0 Å². The molecular formula is C16H15IN2. The van der Waals surface area contributed by atoms with Crippen LogP contribution >= 0.6 is 24.0 Å². The van der Waals surface area contributed by atoms with Crippen LogP contribution < -0.4 is 0 Å². The highest BCUT2D eigenvalue weighted by Crippen LogP contribution is 2.30. The number of rotatable bonds is 1. The molecule has 3 rings (SSSR count). The summed E-state index contributed by atoms with van der Waals surface area (Å²) in [6, 6.07) is 8.20. The van der Waals surface area contributed by atoms with Gasteiger partial charge in [-0.15, -0.1) is 24.0 Å². The average Bonchev–Trinajstić information content (AvgIpc) is 2.81. The molecule has 0 amide bonds. The number of benzene rings is 1. The minimum absolute atomic E-state index is 0. The van der Waals surface area contributed by atoms with Crippen LogP contribution in [0, 0.1) is 0 Å². The summed E-state index contributed by atoms with van der Waals surface area (Å²) in [6.07, 6.45) is 14.4. The summed E-state index contributed by atoms with van der Waals surface area (Å²) in [5, 5.41) is 0. The van der Waals surface area contributed by atoms with Gasteiger partial charge in [0, 0.05) is 36.3 Å². The maximum Gasteiger partial charge on any atom is 0.0708 e. The fraction of sp³-hybridized carbons (Fsp3) is 0.0625. The molecule has 0 fully saturated rings. The molecule has 0 aromatic heterocycles. The standard InChI is InChI=1S/C16H14N2.HI/c1-18-11-5-4-6-14(18)10-9-13-12-17-16-8-3-2-7-15(13)16;/h2-12H,1H3;1H/b13-9-,14-10-;. The largest absolute Gasteiger partial charge is 0.351 e. The molecule has 3 heteroatoms. The van der Waals surface area contributed by atoms with E-state index < -0.39 is 0 Å². The lowest BCUT2D eigenvalue weighted by Crippen LogP contribution is -2.09. The first-order chi connectivity index (χ1) is 8.84. The van der Waals surface area contributed by atoms with Gasteiger partial charge in [0.15, 0.2) is 0 Å². The van der Waals surface area contributed by atoms with Crippen molar-refractivity contribution in [1.29, 1.82) is 0 Å². The number of hydrogen-bond donors (Lipinski definition) is 0. The molecule has 0 aliphatic carbocycles. The highest BCUT2D eigenvalue weighted by Gasteiger charge is 2.09. The SMILES string of the molecule is CN1C=CC=C/C1=C/C=C1/C=Nc2ccccc21.I. The Hall–Kier alpha value is -1.62. The zero-order valence-corrected chi connectivity index (χ0v) is 13.0. The summed E-state index contributed by atoms with van der Waals surface area (Å²) < 4.78 is 0. The van der Waals surface area contributed by atoms with Gasteiger partial charge in [0.2, 0.25) is 0 Å². The molecule has 0 atom stereocenters. The van der Waals surface area contributed by atoms with E-state index in [4.69, 9.17) is 0 Å². The van der Waals surface area contributed by atoms with Crippen molar-refractivity contribution in [2.24, 2.45) is 4.99 Å². The third-order valence-corrected chi connectivity index (χ3v) is 3.09. The van der Waals surface area contributed by atoms with E-state index in [1.165, 1.54) is 11.3 Å². The smallest absolute Gasteiger partial charge is 0.0708 e. The fourth-order valence-corrected chi connectivity index (χ4v) is 2.06. The number of para-hydroxylation sites is 1. The molecule has 0 unspecified atom stereocenters. The van der Waals surface area contributed by atoms with Gasteiger partial charge in [0.1, 0.15) is 0 Å². The van der Waals surface area contributed by atoms with Crippen molar-refractivity contribution in [3.63, 3.8) is 0 Å². The Morgan fingerprint density at radius 1 is 1.11 bits per heavy atom. The molecule has 2 aliphatic heterocycles. The Morgan fingerprint density at radius 2 is 1.95 bits per heavy atom. The normalized spacial score (nSPS) is 19.9. The van der Waals surface area contributed by atoms with E-state index in [-0.39, 0.29) is 24.0 Å². The molecule has 0 N–H and O–H groups in total. The van der Waals surface area contributed by atoms with Gasteiger partial charge < -0.3 is 4.90 Å². The molecule has 0 saturated heterocycles. The van der Waals surface area contributed by atoms with Crippen molar-refractivity contribution < 1.29 is 0 Å². The topological polar surface area (TPSA) is 15.6 Å². The van der Waals surface area contributed by atoms with Gasteiger partial charge >= 0.3 is 0 Å². The van der Waals surface area contributed by atoms with Crippen LogP contribution in [0.1, 0.15) is 5.56 Å². The highest BCUT2D eigenvalue weighted by atomic mass is 127. The van der Waals surface area contributed by atoms with Crippen molar-refractivity contribution in [3.8, 4) is 0 Å². The van der Waals surface area contributed by atoms with Gasteiger partial charge in [-0.05, 0) is 24.3 Å². The van der Waals surface area contributed by atoms with Gasteiger partial charge in [-0.2, -0.15) is 0 Å². The minimum atomic E-state index is 0. The second-order valence-corrected chi connectivity index (χ2v) is 4.30. The third kappa shape index (κ3) is 2.87. The second-order valence-electron chi connectivity index (χ2n) is 4.30. The number of fused-ring (bicyclic) bond motifs is 1. The molecule has 1 aromatic rings. The van der Waals surface area contributed by atoms with E-state index in [1.807, 2.05) is 49.8 Å².